The highest BCUT2D eigenvalue weighted by molar-refractivity contribution is 7.90. The number of ether oxygens (including phenoxy) is 1. The third kappa shape index (κ3) is 3.89. The number of sulfone groups is 1. The van der Waals surface area contributed by atoms with Gasteiger partial charge in [-0.15, -0.1) is 0 Å². The quantitative estimate of drug-likeness (QED) is 0.817. The third-order valence-electron chi connectivity index (χ3n) is 5.40. The Hall–Kier alpha value is -1.67. The highest BCUT2D eigenvalue weighted by Gasteiger charge is 2.40. The Labute approximate surface area is 169 Å². The molecule has 0 saturated carbocycles. The van der Waals surface area contributed by atoms with Crippen LogP contribution in [0.5, 0.6) is 5.75 Å². The van der Waals surface area contributed by atoms with Crippen LogP contribution in [0.15, 0.2) is 41.3 Å². The first kappa shape index (κ1) is 19.6. The van der Waals surface area contributed by atoms with Gasteiger partial charge in [0.2, 0.25) is 0 Å². The number of nitrogens with zero attached hydrogens (tertiary/aromatic N) is 1. The molecule has 1 saturated heterocycles. The van der Waals surface area contributed by atoms with E-state index in [2.05, 4.69) is 10.2 Å². The van der Waals surface area contributed by atoms with Crippen LogP contribution in [-0.2, 0) is 16.3 Å². The monoisotopic (exact) mass is 424 g/mol. The molecule has 1 fully saturated rings. The minimum atomic E-state index is -3.27. The van der Waals surface area contributed by atoms with Crippen molar-refractivity contribution >= 4 is 21.4 Å². The lowest BCUT2D eigenvalue weighted by Crippen LogP contribution is -2.50. The zero-order valence-electron chi connectivity index (χ0n) is 15.5. The number of hydrogen-bond donors (Lipinski definition) is 1. The fourth-order valence-corrected chi connectivity index (χ4v) is 4.93. The average molecular weight is 425 g/mol. The molecule has 8 heteroatoms. The average Bonchev–Trinajstić information content (AvgIpc) is 3.01. The number of piperazine rings is 1. The fraction of sp³-hybridized carbons (Fsp3) is 0.400. The predicted octanol–water partition coefficient (Wildman–Crippen LogP) is 2.83. The van der Waals surface area contributed by atoms with Crippen LogP contribution >= 0.6 is 11.6 Å². The summed E-state index contributed by atoms with van der Waals surface area (Å²) in [6, 6.07) is 9.23. The van der Waals surface area contributed by atoms with E-state index in [0.717, 1.165) is 37.3 Å². The molecule has 1 heterocycles. The van der Waals surface area contributed by atoms with Crippen LogP contribution in [0, 0.1) is 5.82 Å². The first-order chi connectivity index (χ1) is 13.3. The van der Waals surface area contributed by atoms with Gasteiger partial charge in [0.25, 0.3) is 0 Å². The summed E-state index contributed by atoms with van der Waals surface area (Å²) < 4.78 is 43.7. The van der Waals surface area contributed by atoms with E-state index in [1.54, 1.807) is 12.1 Å². The summed E-state index contributed by atoms with van der Waals surface area (Å²) >= 11 is 6.33. The Morgan fingerprint density at radius 3 is 2.50 bits per heavy atom. The van der Waals surface area contributed by atoms with Crippen molar-refractivity contribution in [1.29, 1.82) is 0 Å². The van der Waals surface area contributed by atoms with Gasteiger partial charge in [-0.05, 0) is 48.4 Å². The molecule has 150 valence electrons. The zero-order valence-corrected chi connectivity index (χ0v) is 17.1. The van der Waals surface area contributed by atoms with Gasteiger partial charge in [0.05, 0.1) is 10.9 Å². The largest absolute Gasteiger partial charge is 0.484 e. The van der Waals surface area contributed by atoms with Crippen molar-refractivity contribution < 1.29 is 17.5 Å². The second kappa shape index (κ2) is 7.63. The fourth-order valence-electron chi connectivity index (χ4n) is 4.00. The number of hydrogen-bond acceptors (Lipinski definition) is 5. The Kier molecular flexibility index (Phi) is 5.35. The van der Waals surface area contributed by atoms with Gasteiger partial charge in [0.1, 0.15) is 17.7 Å². The predicted molar refractivity (Wildman–Crippen MR) is 106 cm³/mol. The van der Waals surface area contributed by atoms with Crippen LogP contribution in [0.1, 0.15) is 17.2 Å². The van der Waals surface area contributed by atoms with Gasteiger partial charge in [-0.3, -0.25) is 4.90 Å². The smallest absolute Gasteiger partial charge is 0.175 e. The van der Waals surface area contributed by atoms with Gasteiger partial charge in [-0.2, -0.15) is 0 Å². The standard InChI is InChI=1S/C20H22ClFN2O3S/c1-28(25,26)15-4-2-14(3-5-15)27-20-17-10-13(22)11-18(21)16(17)12-19(20)24-8-6-23-7-9-24/h2-5,10-11,19-20,23H,6-9,12H2,1H3. The van der Waals surface area contributed by atoms with E-state index in [1.165, 1.54) is 30.5 Å². The molecule has 0 amide bonds. The van der Waals surface area contributed by atoms with Crippen molar-refractivity contribution in [1.82, 2.24) is 10.2 Å². The first-order valence-corrected chi connectivity index (χ1v) is 11.5. The van der Waals surface area contributed by atoms with E-state index < -0.39 is 9.84 Å². The molecule has 2 atom stereocenters. The Morgan fingerprint density at radius 2 is 1.86 bits per heavy atom. The lowest BCUT2D eigenvalue weighted by Gasteiger charge is -2.36. The molecule has 0 bridgehead atoms. The molecule has 0 radical (unpaired) electrons. The summed E-state index contributed by atoms with van der Waals surface area (Å²) in [4.78, 5) is 2.58. The molecule has 2 aliphatic rings. The molecular formula is C20H22ClFN2O3S. The normalized spacial score (nSPS) is 22.8. The number of fused-ring (bicyclic) bond motifs is 1. The van der Waals surface area contributed by atoms with Gasteiger partial charge >= 0.3 is 0 Å². The van der Waals surface area contributed by atoms with E-state index in [9.17, 15) is 12.8 Å². The second-order valence-electron chi connectivity index (χ2n) is 7.29. The van der Waals surface area contributed by atoms with Crippen LogP contribution in [0.25, 0.3) is 0 Å². The molecule has 2 aromatic carbocycles. The maximum absolute atomic E-state index is 14.1. The summed E-state index contributed by atoms with van der Waals surface area (Å²) in [5.74, 6) is 0.163. The lowest BCUT2D eigenvalue weighted by atomic mass is 10.1. The highest BCUT2D eigenvalue weighted by atomic mass is 35.5. The Bertz CT molecular complexity index is 976. The topological polar surface area (TPSA) is 58.6 Å². The highest BCUT2D eigenvalue weighted by Crippen LogP contribution is 2.41. The van der Waals surface area contributed by atoms with Gasteiger partial charge < -0.3 is 10.1 Å². The number of rotatable bonds is 4. The summed E-state index contributed by atoms with van der Waals surface area (Å²) in [5, 5.41) is 3.76. The van der Waals surface area contributed by atoms with Crippen LogP contribution < -0.4 is 10.1 Å². The van der Waals surface area contributed by atoms with E-state index >= 15 is 0 Å². The minimum Gasteiger partial charge on any atom is -0.484 e. The second-order valence-corrected chi connectivity index (χ2v) is 9.72. The van der Waals surface area contributed by atoms with Gasteiger partial charge in [-0.25, -0.2) is 12.8 Å². The summed E-state index contributed by atoms with van der Waals surface area (Å²) in [6.07, 6.45) is 1.49. The molecular weight excluding hydrogens is 403 g/mol. The number of benzene rings is 2. The van der Waals surface area contributed by atoms with Crippen molar-refractivity contribution in [2.75, 3.05) is 32.4 Å². The van der Waals surface area contributed by atoms with E-state index in [-0.39, 0.29) is 22.9 Å². The van der Waals surface area contributed by atoms with E-state index in [1.807, 2.05) is 0 Å². The molecule has 5 nitrogen and oxygen atoms in total. The van der Waals surface area contributed by atoms with Gasteiger partial charge in [-0.1, -0.05) is 11.6 Å². The molecule has 2 aromatic rings. The van der Waals surface area contributed by atoms with Crippen molar-refractivity contribution in [2.45, 2.75) is 23.5 Å². The van der Waals surface area contributed by atoms with Crippen LogP contribution in [0.4, 0.5) is 4.39 Å². The molecule has 28 heavy (non-hydrogen) atoms. The number of nitrogens with one attached hydrogen (secondary N) is 1. The van der Waals surface area contributed by atoms with Crippen molar-refractivity contribution in [2.24, 2.45) is 0 Å². The molecule has 0 aromatic heterocycles. The Morgan fingerprint density at radius 1 is 1.18 bits per heavy atom. The molecule has 1 N–H and O–H groups in total. The van der Waals surface area contributed by atoms with Crippen LogP contribution in [-0.4, -0.2) is 51.8 Å². The molecule has 1 aliphatic carbocycles. The van der Waals surface area contributed by atoms with Gasteiger partial charge in [0, 0.05) is 43.0 Å². The van der Waals surface area contributed by atoms with Crippen LogP contribution in [0.3, 0.4) is 0 Å². The minimum absolute atomic E-state index is 0.0472. The van der Waals surface area contributed by atoms with E-state index in [0.29, 0.717) is 17.2 Å². The van der Waals surface area contributed by atoms with Crippen molar-refractivity contribution in [3.05, 3.63) is 58.4 Å². The van der Waals surface area contributed by atoms with Crippen molar-refractivity contribution in [3.8, 4) is 5.75 Å². The number of halogens is 2. The molecule has 2 unspecified atom stereocenters. The van der Waals surface area contributed by atoms with Gasteiger partial charge in [0.15, 0.2) is 9.84 Å². The lowest BCUT2D eigenvalue weighted by molar-refractivity contribution is 0.0692. The molecule has 4 rings (SSSR count). The zero-order chi connectivity index (χ0) is 19.9. The Balaban J connectivity index is 1.67. The first-order valence-electron chi connectivity index (χ1n) is 9.22. The summed E-state index contributed by atoms with van der Waals surface area (Å²) in [7, 11) is -3.27. The SMILES string of the molecule is CS(=O)(=O)c1ccc(OC2c3cc(F)cc(Cl)c3CC2N2CCNCC2)cc1. The molecule has 1 aliphatic heterocycles. The summed E-state index contributed by atoms with van der Waals surface area (Å²) in [6.45, 7) is 3.55. The van der Waals surface area contributed by atoms with E-state index in [4.69, 9.17) is 16.3 Å². The third-order valence-corrected chi connectivity index (χ3v) is 6.87. The van der Waals surface area contributed by atoms with Crippen LogP contribution in [0.2, 0.25) is 5.02 Å². The molecule has 0 spiro atoms. The van der Waals surface area contributed by atoms with Crippen molar-refractivity contribution in [3.63, 3.8) is 0 Å². The maximum atomic E-state index is 14.1. The summed E-state index contributed by atoms with van der Waals surface area (Å²) in [5.41, 5.74) is 1.69. The maximum Gasteiger partial charge on any atom is 0.175 e.